The predicted octanol–water partition coefficient (Wildman–Crippen LogP) is 2.05. The minimum Gasteiger partial charge on any atom is -0.369 e. The van der Waals surface area contributed by atoms with Crippen molar-refractivity contribution in [3.63, 3.8) is 0 Å². The topological polar surface area (TPSA) is 58.0 Å². The molecule has 4 rings (SSSR count). The first-order chi connectivity index (χ1) is 11.8. The van der Waals surface area contributed by atoms with Crippen LogP contribution in [0.15, 0.2) is 43.1 Å². The van der Waals surface area contributed by atoms with Crippen LogP contribution in [0.25, 0.3) is 10.9 Å². The molecule has 3 aromatic rings. The van der Waals surface area contributed by atoms with E-state index >= 15 is 0 Å². The second kappa shape index (κ2) is 6.49. The molecule has 0 spiro atoms. The number of aryl methyl sites for hydroxylation is 1. The van der Waals surface area contributed by atoms with Gasteiger partial charge in [0.25, 0.3) is 0 Å². The van der Waals surface area contributed by atoms with E-state index in [0.29, 0.717) is 0 Å². The summed E-state index contributed by atoms with van der Waals surface area (Å²) in [6.45, 7) is 6.98. The van der Waals surface area contributed by atoms with E-state index in [-0.39, 0.29) is 0 Å². The summed E-state index contributed by atoms with van der Waals surface area (Å²) in [5.41, 5.74) is 4.33. The van der Waals surface area contributed by atoms with Crippen LogP contribution in [0.5, 0.6) is 0 Å². The van der Waals surface area contributed by atoms with Gasteiger partial charge < -0.3 is 4.90 Å². The highest BCUT2D eigenvalue weighted by molar-refractivity contribution is 5.81. The van der Waals surface area contributed by atoms with Crippen molar-refractivity contribution in [2.75, 3.05) is 31.1 Å². The molecule has 0 unspecified atom stereocenters. The van der Waals surface area contributed by atoms with Gasteiger partial charge in [-0.1, -0.05) is 0 Å². The van der Waals surface area contributed by atoms with Crippen molar-refractivity contribution in [3.05, 3.63) is 54.5 Å². The largest absolute Gasteiger partial charge is 0.369 e. The highest BCUT2D eigenvalue weighted by atomic mass is 15.3. The van der Waals surface area contributed by atoms with E-state index in [1.165, 1.54) is 5.69 Å². The summed E-state index contributed by atoms with van der Waals surface area (Å²) >= 11 is 0. The van der Waals surface area contributed by atoms with Crippen LogP contribution in [0.3, 0.4) is 0 Å². The maximum Gasteiger partial charge on any atom is 0.116 e. The molecular weight excluding hydrogens is 300 g/mol. The molecule has 0 aliphatic carbocycles. The summed E-state index contributed by atoms with van der Waals surface area (Å²) in [4.78, 5) is 22.0. The molecular formula is C18H20N6. The zero-order valence-electron chi connectivity index (χ0n) is 13.8. The van der Waals surface area contributed by atoms with E-state index in [9.17, 15) is 0 Å². The number of rotatable bonds is 3. The van der Waals surface area contributed by atoms with E-state index in [2.05, 4.69) is 47.9 Å². The van der Waals surface area contributed by atoms with Crippen LogP contribution in [0, 0.1) is 6.92 Å². The molecule has 1 aromatic carbocycles. The van der Waals surface area contributed by atoms with Gasteiger partial charge in [-0.15, -0.1) is 0 Å². The smallest absolute Gasteiger partial charge is 0.116 e. The Kier molecular flexibility index (Phi) is 4.04. The third kappa shape index (κ3) is 3.05. The van der Waals surface area contributed by atoms with Crippen molar-refractivity contribution in [1.29, 1.82) is 0 Å². The van der Waals surface area contributed by atoms with Gasteiger partial charge in [0.1, 0.15) is 6.33 Å². The lowest BCUT2D eigenvalue weighted by molar-refractivity contribution is 0.246. The summed E-state index contributed by atoms with van der Waals surface area (Å²) in [7, 11) is 0. The fraction of sp³-hybridized carbons (Fsp3) is 0.333. The standard InChI is InChI=1S/C18H20N6/c1-14-18(21-5-4-20-14)12-23-6-8-24(9-7-23)16-2-3-17-15(10-16)11-19-13-22-17/h2-5,10-11,13H,6-9,12H2,1H3. The second-order valence-corrected chi connectivity index (χ2v) is 6.12. The van der Waals surface area contributed by atoms with Gasteiger partial charge >= 0.3 is 0 Å². The minimum absolute atomic E-state index is 0.874. The van der Waals surface area contributed by atoms with Gasteiger partial charge in [-0.3, -0.25) is 14.9 Å². The zero-order valence-corrected chi connectivity index (χ0v) is 13.8. The van der Waals surface area contributed by atoms with Gasteiger partial charge in [-0.25, -0.2) is 9.97 Å². The van der Waals surface area contributed by atoms with E-state index in [0.717, 1.165) is 55.0 Å². The third-order valence-corrected chi connectivity index (χ3v) is 4.58. The average molecular weight is 320 g/mol. The van der Waals surface area contributed by atoms with Crippen LogP contribution >= 0.6 is 0 Å². The zero-order chi connectivity index (χ0) is 16.4. The molecule has 6 nitrogen and oxygen atoms in total. The normalized spacial score (nSPS) is 15.8. The number of hydrogen-bond donors (Lipinski definition) is 0. The Morgan fingerprint density at radius 2 is 1.83 bits per heavy atom. The highest BCUT2D eigenvalue weighted by Crippen LogP contribution is 2.22. The molecule has 1 aliphatic heterocycles. The third-order valence-electron chi connectivity index (χ3n) is 4.58. The maximum atomic E-state index is 4.45. The Hall–Kier alpha value is -2.60. The maximum absolute atomic E-state index is 4.45. The Labute approximate surface area is 141 Å². The van der Waals surface area contributed by atoms with E-state index in [1.807, 2.05) is 13.1 Å². The molecule has 0 radical (unpaired) electrons. The number of hydrogen-bond acceptors (Lipinski definition) is 6. The van der Waals surface area contributed by atoms with Gasteiger partial charge in [0.15, 0.2) is 0 Å². The van der Waals surface area contributed by atoms with Gasteiger partial charge in [-0.05, 0) is 25.1 Å². The molecule has 24 heavy (non-hydrogen) atoms. The Morgan fingerprint density at radius 1 is 1.00 bits per heavy atom. The molecule has 2 aromatic heterocycles. The molecule has 0 atom stereocenters. The first-order valence-electron chi connectivity index (χ1n) is 8.23. The lowest BCUT2D eigenvalue weighted by atomic mass is 10.2. The van der Waals surface area contributed by atoms with Crippen molar-refractivity contribution in [1.82, 2.24) is 24.8 Å². The molecule has 122 valence electrons. The van der Waals surface area contributed by atoms with Crippen molar-refractivity contribution >= 4 is 16.6 Å². The van der Waals surface area contributed by atoms with E-state index in [1.54, 1.807) is 18.7 Å². The monoisotopic (exact) mass is 320 g/mol. The fourth-order valence-electron chi connectivity index (χ4n) is 3.14. The van der Waals surface area contributed by atoms with Crippen molar-refractivity contribution in [2.45, 2.75) is 13.5 Å². The first kappa shape index (κ1) is 15.0. The number of anilines is 1. The first-order valence-corrected chi connectivity index (χ1v) is 8.23. The molecule has 3 heterocycles. The van der Waals surface area contributed by atoms with Crippen molar-refractivity contribution in [2.24, 2.45) is 0 Å². The number of piperazine rings is 1. The summed E-state index contributed by atoms with van der Waals surface area (Å²) < 4.78 is 0. The quantitative estimate of drug-likeness (QED) is 0.736. The van der Waals surface area contributed by atoms with Gasteiger partial charge in [0, 0.05) is 62.4 Å². The number of benzene rings is 1. The highest BCUT2D eigenvalue weighted by Gasteiger charge is 2.18. The number of aromatic nitrogens is 4. The molecule has 0 N–H and O–H groups in total. The van der Waals surface area contributed by atoms with Gasteiger partial charge in [0.2, 0.25) is 0 Å². The molecule has 6 heteroatoms. The van der Waals surface area contributed by atoms with Crippen LogP contribution < -0.4 is 4.90 Å². The van der Waals surface area contributed by atoms with Gasteiger partial charge in [0.05, 0.1) is 16.9 Å². The van der Waals surface area contributed by atoms with Crippen LogP contribution in [-0.2, 0) is 6.54 Å². The Morgan fingerprint density at radius 3 is 2.67 bits per heavy atom. The molecule has 1 saturated heterocycles. The summed E-state index contributed by atoms with van der Waals surface area (Å²) in [6, 6.07) is 6.40. The van der Waals surface area contributed by atoms with Crippen LogP contribution in [-0.4, -0.2) is 51.0 Å². The van der Waals surface area contributed by atoms with Crippen LogP contribution in [0.1, 0.15) is 11.4 Å². The summed E-state index contributed by atoms with van der Waals surface area (Å²) in [5.74, 6) is 0. The van der Waals surface area contributed by atoms with Gasteiger partial charge in [-0.2, -0.15) is 0 Å². The predicted molar refractivity (Wildman–Crippen MR) is 93.8 cm³/mol. The Balaban J connectivity index is 1.42. The molecule has 0 saturated carbocycles. The van der Waals surface area contributed by atoms with Crippen molar-refractivity contribution in [3.8, 4) is 0 Å². The summed E-state index contributed by atoms with van der Waals surface area (Å²) in [5, 5.41) is 1.09. The SMILES string of the molecule is Cc1nccnc1CN1CCN(c2ccc3ncncc3c2)CC1. The lowest BCUT2D eigenvalue weighted by Gasteiger charge is -2.36. The average Bonchev–Trinajstić information content (AvgIpc) is 2.64. The summed E-state index contributed by atoms with van der Waals surface area (Å²) in [6.07, 6.45) is 6.99. The molecule has 1 aliphatic rings. The van der Waals surface area contributed by atoms with Crippen LogP contribution in [0.4, 0.5) is 5.69 Å². The molecule has 0 amide bonds. The molecule has 1 fully saturated rings. The molecule has 0 bridgehead atoms. The minimum atomic E-state index is 0.874. The van der Waals surface area contributed by atoms with E-state index in [4.69, 9.17) is 0 Å². The number of fused-ring (bicyclic) bond motifs is 1. The van der Waals surface area contributed by atoms with Crippen LogP contribution in [0.2, 0.25) is 0 Å². The number of nitrogens with zero attached hydrogens (tertiary/aromatic N) is 6. The second-order valence-electron chi connectivity index (χ2n) is 6.12. The fourth-order valence-corrected chi connectivity index (χ4v) is 3.14. The lowest BCUT2D eigenvalue weighted by Crippen LogP contribution is -2.46. The Bertz CT molecular complexity index is 842. The van der Waals surface area contributed by atoms with E-state index < -0.39 is 0 Å². The van der Waals surface area contributed by atoms with Crippen molar-refractivity contribution < 1.29 is 0 Å².